The lowest BCUT2D eigenvalue weighted by Crippen LogP contribution is -2.57. The standard InChI is InChI=1S/C20H33NO/c1-19(2,3)17-15(10-11-21-18(17)20(4,5)6)12-14-8-7-9-16(22)13-14/h7-9,13,15,17-18,21-22H,10-12H2,1-6H3. The maximum atomic E-state index is 9.74. The zero-order valence-corrected chi connectivity index (χ0v) is 15.1. The number of aromatic hydroxyl groups is 1. The topological polar surface area (TPSA) is 32.3 Å². The summed E-state index contributed by atoms with van der Waals surface area (Å²) in [6, 6.07) is 8.31. The van der Waals surface area contributed by atoms with Gasteiger partial charge in [-0.3, -0.25) is 0 Å². The molecule has 1 aromatic carbocycles. The van der Waals surface area contributed by atoms with Crippen molar-refractivity contribution < 1.29 is 5.11 Å². The predicted octanol–water partition coefficient (Wildman–Crippen LogP) is 4.62. The highest BCUT2D eigenvalue weighted by Gasteiger charge is 2.44. The Morgan fingerprint density at radius 3 is 2.32 bits per heavy atom. The number of phenolic OH excluding ortho intramolecular Hbond substituents is 1. The number of hydrogen-bond donors (Lipinski definition) is 2. The van der Waals surface area contributed by atoms with Gasteiger partial charge in [-0.25, -0.2) is 0 Å². The van der Waals surface area contributed by atoms with E-state index in [4.69, 9.17) is 0 Å². The molecule has 1 aliphatic heterocycles. The molecule has 2 N–H and O–H groups in total. The van der Waals surface area contributed by atoms with Gasteiger partial charge in [0.05, 0.1) is 0 Å². The molecule has 0 amide bonds. The molecule has 1 aliphatic rings. The van der Waals surface area contributed by atoms with Crippen LogP contribution in [0.2, 0.25) is 0 Å². The van der Waals surface area contributed by atoms with E-state index in [9.17, 15) is 5.11 Å². The molecule has 0 bridgehead atoms. The highest BCUT2D eigenvalue weighted by molar-refractivity contribution is 5.27. The maximum absolute atomic E-state index is 9.74. The van der Waals surface area contributed by atoms with Gasteiger partial charge in [-0.2, -0.15) is 0 Å². The number of phenols is 1. The Hall–Kier alpha value is -1.02. The summed E-state index contributed by atoms with van der Waals surface area (Å²) in [4.78, 5) is 0. The van der Waals surface area contributed by atoms with Crippen LogP contribution in [0.15, 0.2) is 24.3 Å². The summed E-state index contributed by atoms with van der Waals surface area (Å²) in [6.07, 6.45) is 2.27. The smallest absolute Gasteiger partial charge is 0.115 e. The maximum Gasteiger partial charge on any atom is 0.115 e. The second-order valence-corrected chi connectivity index (χ2v) is 9.11. The van der Waals surface area contributed by atoms with Crippen LogP contribution in [-0.2, 0) is 6.42 Å². The second kappa shape index (κ2) is 6.23. The third kappa shape index (κ3) is 4.04. The Labute approximate surface area is 136 Å². The van der Waals surface area contributed by atoms with Crippen LogP contribution >= 0.6 is 0 Å². The van der Waals surface area contributed by atoms with E-state index >= 15 is 0 Å². The fourth-order valence-corrected chi connectivity index (χ4v) is 4.27. The van der Waals surface area contributed by atoms with Gasteiger partial charge in [0.25, 0.3) is 0 Å². The molecule has 0 radical (unpaired) electrons. The summed E-state index contributed by atoms with van der Waals surface area (Å²) < 4.78 is 0. The lowest BCUT2D eigenvalue weighted by Gasteiger charge is -2.51. The predicted molar refractivity (Wildman–Crippen MR) is 94.1 cm³/mol. The number of rotatable bonds is 2. The summed E-state index contributed by atoms with van der Waals surface area (Å²) in [5, 5.41) is 13.5. The zero-order chi connectivity index (χ0) is 16.5. The van der Waals surface area contributed by atoms with Gasteiger partial charge in [-0.1, -0.05) is 53.7 Å². The van der Waals surface area contributed by atoms with Gasteiger partial charge < -0.3 is 10.4 Å². The molecule has 2 rings (SSSR count). The first-order chi connectivity index (χ1) is 10.1. The van der Waals surface area contributed by atoms with E-state index in [1.807, 2.05) is 12.1 Å². The van der Waals surface area contributed by atoms with Gasteiger partial charge in [0.15, 0.2) is 0 Å². The number of piperidine rings is 1. The van der Waals surface area contributed by atoms with Gasteiger partial charge in [-0.05, 0) is 59.7 Å². The Morgan fingerprint density at radius 2 is 1.77 bits per heavy atom. The van der Waals surface area contributed by atoms with Crippen LogP contribution in [0, 0.1) is 22.7 Å². The van der Waals surface area contributed by atoms with E-state index in [1.54, 1.807) is 6.07 Å². The third-order valence-corrected chi connectivity index (χ3v) is 5.09. The average Bonchev–Trinajstić information content (AvgIpc) is 2.36. The summed E-state index contributed by atoms with van der Waals surface area (Å²) in [5.74, 6) is 1.67. The van der Waals surface area contributed by atoms with Crippen molar-refractivity contribution in [1.29, 1.82) is 0 Å². The lowest BCUT2D eigenvalue weighted by molar-refractivity contribution is 0.0243. The monoisotopic (exact) mass is 303 g/mol. The van der Waals surface area contributed by atoms with Crippen molar-refractivity contribution in [2.75, 3.05) is 6.54 Å². The van der Waals surface area contributed by atoms with E-state index in [0.29, 0.717) is 23.6 Å². The first kappa shape index (κ1) is 17.3. The Bertz CT molecular complexity index is 495. The minimum absolute atomic E-state index is 0.259. The first-order valence-electron chi connectivity index (χ1n) is 8.60. The number of benzene rings is 1. The highest BCUT2D eigenvalue weighted by Crippen LogP contribution is 2.45. The molecule has 2 heteroatoms. The summed E-state index contributed by atoms with van der Waals surface area (Å²) >= 11 is 0. The molecule has 3 unspecified atom stereocenters. The van der Waals surface area contributed by atoms with Gasteiger partial charge in [0.1, 0.15) is 5.75 Å². The molecule has 1 heterocycles. The van der Waals surface area contributed by atoms with Crippen LogP contribution in [0.4, 0.5) is 0 Å². The quantitative estimate of drug-likeness (QED) is 0.835. The van der Waals surface area contributed by atoms with Crippen molar-refractivity contribution in [3.8, 4) is 5.75 Å². The minimum Gasteiger partial charge on any atom is -0.508 e. The van der Waals surface area contributed by atoms with E-state index < -0.39 is 0 Å². The van der Waals surface area contributed by atoms with Crippen LogP contribution in [-0.4, -0.2) is 17.7 Å². The van der Waals surface area contributed by atoms with Crippen molar-refractivity contribution in [2.45, 2.75) is 60.4 Å². The van der Waals surface area contributed by atoms with Crippen molar-refractivity contribution in [3.63, 3.8) is 0 Å². The lowest BCUT2D eigenvalue weighted by atomic mass is 9.60. The van der Waals surface area contributed by atoms with E-state index in [-0.39, 0.29) is 10.8 Å². The van der Waals surface area contributed by atoms with Crippen molar-refractivity contribution in [3.05, 3.63) is 29.8 Å². The van der Waals surface area contributed by atoms with E-state index in [2.05, 4.69) is 52.9 Å². The van der Waals surface area contributed by atoms with E-state index in [0.717, 1.165) is 13.0 Å². The zero-order valence-electron chi connectivity index (χ0n) is 15.1. The Kier molecular flexibility index (Phi) is 4.91. The molecule has 124 valence electrons. The van der Waals surface area contributed by atoms with Crippen LogP contribution < -0.4 is 5.32 Å². The molecule has 3 atom stereocenters. The van der Waals surface area contributed by atoms with Crippen LogP contribution in [0.1, 0.15) is 53.5 Å². The number of hydrogen-bond acceptors (Lipinski definition) is 2. The molecule has 0 aromatic heterocycles. The van der Waals surface area contributed by atoms with Crippen molar-refractivity contribution in [2.24, 2.45) is 22.7 Å². The largest absolute Gasteiger partial charge is 0.508 e. The SMILES string of the molecule is CC(C)(C)C1NCCC(Cc2cccc(O)c2)C1C(C)(C)C. The van der Waals surface area contributed by atoms with Gasteiger partial charge in [0, 0.05) is 6.04 Å². The van der Waals surface area contributed by atoms with Crippen molar-refractivity contribution >= 4 is 0 Å². The normalized spacial score (nSPS) is 26.9. The molecule has 1 aromatic rings. The highest BCUT2D eigenvalue weighted by atomic mass is 16.3. The molecular weight excluding hydrogens is 270 g/mol. The molecule has 0 aliphatic carbocycles. The van der Waals surface area contributed by atoms with E-state index in [1.165, 1.54) is 12.0 Å². The molecule has 0 saturated carbocycles. The Morgan fingerprint density at radius 1 is 1.09 bits per heavy atom. The van der Waals surface area contributed by atoms with Gasteiger partial charge in [-0.15, -0.1) is 0 Å². The third-order valence-electron chi connectivity index (χ3n) is 5.09. The van der Waals surface area contributed by atoms with Crippen LogP contribution in [0.25, 0.3) is 0 Å². The molecule has 22 heavy (non-hydrogen) atoms. The Balaban J connectivity index is 2.27. The van der Waals surface area contributed by atoms with Crippen molar-refractivity contribution in [1.82, 2.24) is 5.32 Å². The van der Waals surface area contributed by atoms with Gasteiger partial charge in [0.2, 0.25) is 0 Å². The fraction of sp³-hybridized carbons (Fsp3) is 0.700. The number of nitrogens with one attached hydrogen (secondary N) is 1. The minimum atomic E-state index is 0.259. The molecule has 1 fully saturated rings. The fourth-order valence-electron chi connectivity index (χ4n) is 4.27. The summed E-state index contributed by atoms with van der Waals surface area (Å²) in [5.41, 5.74) is 1.79. The first-order valence-corrected chi connectivity index (χ1v) is 8.60. The van der Waals surface area contributed by atoms with Crippen LogP contribution in [0.3, 0.4) is 0 Å². The average molecular weight is 303 g/mol. The molecule has 0 spiro atoms. The molecule has 2 nitrogen and oxygen atoms in total. The molecule has 1 saturated heterocycles. The summed E-state index contributed by atoms with van der Waals surface area (Å²) in [6.45, 7) is 15.3. The summed E-state index contributed by atoms with van der Waals surface area (Å²) in [7, 11) is 0. The van der Waals surface area contributed by atoms with Gasteiger partial charge >= 0.3 is 0 Å². The molecular formula is C20H33NO. The second-order valence-electron chi connectivity index (χ2n) is 9.11. The van der Waals surface area contributed by atoms with Crippen LogP contribution in [0.5, 0.6) is 5.75 Å².